The van der Waals surface area contributed by atoms with Gasteiger partial charge in [-0.2, -0.15) is 0 Å². The largest absolute Gasteiger partial charge is 0.475 e. The molecule has 0 unspecified atom stereocenters. The normalized spacial score (nSPS) is 10.4. The Balaban J connectivity index is 2.57. The van der Waals surface area contributed by atoms with Crippen molar-refractivity contribution in [1.82, 2.24) is 14.8 Å². The molecule has 0 aliphatic heterocycles. The molecule has 2 rings (SSSR count). The molecule has 1 aromatic carbocycles. The van der Waals surface area contributed by atoms with E-state index in [9.17, 15) is 4.79 Å². The standard InChI is InChI=1S/C10H8BrN3O2/c1-6-12-9(10(15)16)13-14(6)8-5-3-2-4-7(8)11/h2-5H,1H3,(H,15,16). The molecular formula is C10H8BrN3O2. The van der Waals surface area contributed by atoms with Crippen LogP contribution in [0.5, 0.6) is 0 Å². The Morgan fingerprint density at radius 2 is 2.12 bits per heavy atom. The number of halogens is 1. The SMILES string of the molecule is Cc1nc(C(=O)O)nn1-c1ccccc1Br. The molecule has 0 spiro atoms. The van der Waals surface area contributed by atoms with Gasteiger partial charge in [-0.25, -0.2) is 14.5 Å². The Kier molecular flexibility index (Phi) is 2.74. The second-order valence-corrected chi connectivity index (χ2v) is 4.01. The van der Waals surface area contributed by atoms with Gasteiger partial charge in [-0.15, -0.1) is 5.10 Å². The van der Waals surface area contributed by atoms with Gasteiger partial charge in [-0.1, -0.05) is 12.1 Å². The van der Waals surface area contributed by atoms with Crippen molar-refractivity contribution in [3.63, 3.8) is 0 Å². The van der Waals surface area contributed by atoms with Crippen molar-refractivity contribution in [3.8, 4) is 5.69 Å². The maximum absolute atomic E-state index is 10.7. The van der Waals surface area contributed by atoms with Crippen LogP contribution in [0.1, 0.15) is 16.4 Å². The quantitative estimate of drug-likeness (QED) is 0.915. The Morgan fingerprint density at radius 3 is 2.69 bits per heavy atom. The fourth-order valence-corrected chi connectivity index (χ4v) is 1.79. The summed E-state index contributed by atoms with van der Waals surface area (Å²) in [6, 6.07) is 7.41. The molecule has 1 heterocycles. The van der Waals surface area contributed by atoms with Crippen LogP contribution in [0.3, 0.4) is 0 Å². The summed E-state index contributed by atoms with van der Waals surface area (Å²) in [5.74, 6) is -0.800. The van der Waals surface area contributed by atoms with Gasteiger partial charge in [-0.05, 0) is 35.0 Å². The first kappa shape index (κ1) is 10.8. The summed E-state index contributed by atoms with van der Waals surface area (Å²) in [6.45, 7) is 1.71. The van der Waals surface area contributed by atoms with E-state index in [-0.39, 0.29) is 5.82 Å². The minimum absolute atomic E-state index is 0.201. The number of carboxylic acid groups (broad SMARTS) is 1. The van der Waals surface area contributed by atoms with E-state index in [1.54, 1.807) is 6.92 Å². The highest BCUT2D eigenvalue weighted by Crippen LogP contribution is 2.20. The summed E-state index contributed by atoms with van der Waals surface area (Å²) in [5, 5.41) is 12.7. The van der Waals surface area contributed by atoms with Gasteiger partial charge in [0.15, 0.2) is 0 Å². The third kappa shape index (κ3) is 1.83. The fraction of sp³-hybridized carbons (Fsp3) is 0.100. The van der Waals surface area contributed by atoms with Crippen molar-refractivity contribution in [1.29, 1.82) is 0 Å². The second-order valence-electron chi connectivity index (χ2n) is 3.15. The minimum atomic E-state index is -1.13. The van der Waals surface area contributed by atoms with Crippen LogP contribution in [0.4, 0.5) is 0 Å². The zero-order chi connectivity index (χ0) is 11.7. The summed E-state index contributed by atoms with van der Waals surface area (Å²) in [6.07, 6.45) is 0. The average Bonchev–Trinajstić information content (AvgIpc) is 2.61. The lowest BCUT2D eigenvalue weighted by Gasteiger charge is -2.04. The number of hydrogen-bond donors (Lipinski definition) is 1. The number of rotatable bonds is 2. The van der Waals surface area contributed by atoms with Crippen molar-refractivity contribution >= 4 is 21.9 Å². The molecule has 6 heteroatoms. The van der Waals surface area contributed by atoms with E-state index in [2.05, 4.69) is 26.0 Å². The van der Waals surface area contributed by atoms with Crippen LogP contribution >= 0.6 is 15.9 Å². The molecule has 5 nitrogen and oxygen atoms in total. The van der Waals surface area contributed by atoms with Gasteiger partial charge in [-0.3, -0.25) is 0 Å². The predicted octanol–water partition coefficient (Wildman–Crippen LogP) is 2.04. The molecule has 0 bridgehead atoms. The summed E-state index contributed by atoms with van der Waals surface area (Å²) in [5.41, 5.74) is 0.764. The molecule has 1 N–H and O–H groups in total. The van der Waals surface area contributed by atoms with Gasteiger partial charge in [0.1, 0.15) is 5.82 Å². The Labute approximate surface area is 99.9 Å². The number of aromatic carboxylic acids is 1. The second kappa shape index (κ2) is 4.05. The highest BCUT2D eigenvalue weighted by Gasteiger charge is 2.14. The smallest absolute Gasteiger partial charge is 0.375 e. The predicted molar refractivity (Wildman–Crippen MR) is 60.8 cm³/mol. The first-order valence-electron chi connectivity index (χ1n) is 4.51. The van der Waals surface area contributed by atoms with Crippen LogP contribution < -0.4 is 0 Å². The highest BCUT2D eigenvalue weighted by molar-refractivity contribution is 9.10. The zero-order valence-electron chi connectivity index (χ0n) is 8.38. The minimum Gasteiger partial charge on any atom is -0.475 e. The summed E-state index contributed by atoms with van der Waals surface area (Å²) >= 11 is 3.38. The van der Waals surface area contributed by atoms with E-state index in [1.807, 2.05) is 24.3 Å². The van der Waals surface area contributed by atoms with Crippen LogP contribution in [-0.4, -0.2) is 25.8 Å². The van der Waals surface area contributed by atoms with E-state index >= 15 is 0 Å². The monoisotopic (exact) mass is 281 g/mol. The average molecular weight is 282 g/mol. The van der Waals surface area contributed by atoms with Crippen molar-refractivity contribution in [3.05, 3.63) is 40.4 Å². The number of carbonyl (C=O) groups is 1. The van der Waals surface area contributed by atoms with Crippen molar-refractivity contribution in [2.24, 2.45) is 0 Å². The molecule has 0 aliphatic carbocycles. The Morgan fingerprint density at radius 1 is 1.44 bits per heavy atom. The lowest BCUT2D eigenvalue weighted by atomic mass is 10.3. The van der Waals surface area contributed by atoms with Gasteiger partial charge < -0.3 is 5.11 Å². The maximum atomic E-state index is 10.7. The molecular weight excluding hydrogens is 274 g/mol. The fourth-order valence-electron chi connectivity index (χ4n) is 1.33. The maximum Gasteiger partial charge on any atom is 0.375 e. The number of benzene rings is 1. The molecule has 0 amide bonds. The van der Waals surface area contributed by atoms with Gasteiger partial charge in [0.05, 0.1) is 5.69 Å². The van der Waals surface area contributed by atoms with Crippen molar-refractivity contribution < 1.29 is 9.90 Å². The molecule has 0 aliphatic rings. The van der Waals surface area contributed by atoms with Crippen LogP contribution in [0.2, 0.25) is 0 Å². The van der Waals surface area contributed by atoms with Gasteiger partial charge in [0.2, 0.25) is 0 Å². The van der Waals surface area contributed by atoms with Crippen LogP contribution in [0.15, 0.2) is 28.7 Å². The number of para-hydroxylation sites is 1. The first-order chi connectivity index (χ1) is 7.59. The van der Waals surface area contributed by atoms with Crippen LogP contribution in [0.25, 0.3) is 5.69 Å². The van der Waals surface area contributed by atoms with E-state index in [4.69, 9.17) is 5.11 Å². The third-order valence-corrected chi connectivity index (χ3v) is 2.71. The molecule has 1 aromatic heterocycles. The summed E-state index contributed by atoms with van der Waals surface area (Å²) in [7, 11) is 0. The highest BCUT2D eigenvalue weighted by atomic mass is 79.9. The number of carboxylic acids is 1. The number of hydrogen-bond acceptors (Lipinski definition) is 3. The Hall–Kier alpha value is -1.69. The molecule has 0 radical (unpaired) electrons. The lowest BCUT2D eigenvalue weighted by molar-refractivity contribution is 0.0683. The number of aryl methyl sites for hydroxylation is 1. The molecule has 0 fully saturated rings. The number of nitrogens with zero attached hydrogens (tertiary/aromatic N) is 3. The summed E-state index contributed by atoms with van der Waals surface area (Å²) in [4.78, 5) is 14.6. The third-order valence-electron chi connectivity index (χ3n) is 2.04. The van der Waals surface area contributed by atoms with Crippen molar-refractivity contribution in [2.75, 3.05) is 0 Å². The molecule has 0 atom stereocenters. The lowest BCUT2D eigenvalue weighted by Crippen LogP contribution is -2.02. The zero-order valence-corrected chi connectivity index (χ0v) is 9.97. The molecule has 16 heavy (non-hydrogen) atoms. The topological polar surface area (TPSA) is 68.0 Å². The molecule has 0 saturated heterocycles. The van der Waals surface area contributed by atoms with Crippen LogP contribution in [0, 0.1) is 6.92 Å². The van der Waals surface area contributed by atoms with E-state index < -0.39 is 5.97 Å². The van der Waals surface area contributed by atoms with Gasteiger partial charge >= 0.3 is 5.97 Å². The first-order valence-corrected chi connectivity index (χ1v) is 5.31. The molecule has 0 saturated carbocycles. The van der Waals surface area contributed by atoms with Gasteiger partial charge in [0, 0.05) is 4.47 Å². The van der Waals surface area contributed by atoms with E-state index in [0.717, 1.165) is 10.2 Å². The van der Waals surface area contributed by atoms with E-state index in [0.29, 0.717) is 5.82 Å². The van der Waals surface area contributed by atoms with E-state index in [1.165, 1.54) is 4.68 Å². The van der Waals surface area contributed by atoms with Gasteiger partial charge in [0.25, 0.3) is 5.82 Å². The van der Waals surface area contributed by atoms with Crippen LogP contribution in [-0.2, 0) is 0 Å². The molecule has 82 valence electrons. The van der Waals surface area contributed by atoms with Crippen molar-refractivity contribution in [2.45, 2.75) is 6.92 Å². The Bertz CT molecular complexity index is 551. The summed E-state index contributed by atoms with van der Waals surface area (Å²) < 4.78 is 2.33. The number of aromatic nitrogens is 3. The molecule has 2 aromatic rings.